The van der Waals surface area contributed by atoms with E-state index in [0.717, 1.165) is 29.8 Å². The molecule has 2 heterocycles. The zero-order valence-corrected chi connectivity index (χ0v) is 14.4. The van der Waals surface area contributed by atoms with Crippen LogP contribution >= 0.6 is 11.6 Å². The summed E-state index contributed by atoms with van der Waals surface area (Å²) < 4.78 is 13.5. The average Bonchev–Trinajstić information content (AvgIpc) is 3.03. The molecule has 1 aliphatic heterocycles. The van der Waals surface area contributed by atoms with Gasteiger partial charge in [-0.25, -0.2) is 4.68 Å². The molecule has 0 unspecified atom stereocenters. The fourth-order valence-electron chi connectivity index (χ4n) is 2.58. The molecule has 1 amide bonds. The van der Waals surface area contributed by atoms with Crippen LogP contribution in [0.3, 0.4) is 0 Å². The number of hydrogen-bond donors (Lipinski definition) is 1. The number of anilines is 1. The second-order valence-electron chi connectivity index (χ2n) is 5.55. The predicted molar refractivity (Wildman–Crippen MR) is 92.3 cm³/mol. The van der Waals surface area contributed by atoms with Crippen LogP contribution in [0.4, 0.5) is 5.82 Å². The largest absolute Gasteiger partial charge is 0.310 e. The number of fused-ring (bicyclic) bond motifs is 1. The van der Waals surface area contributed by atoms with Crippen molar-refractivity contribution in [3.63, 3.8) is 0 Å². The van der Waals surface area contributed by atoms with Gasteiger partial charge in [-0.05, 0) is 24.6 Å². The second-order valence-corrected chi connectivity index (χ2v) is 7.44. The summed E-state index contributed by atoms with van der Waals surface area (Å²) in [7, 11) is -0.941. The molecule has 0 fully saturated rings. The molecule has 0 saturated heterocycles. The zero-order valence-electron chi connectivity index (χ0n) is 12.8. The summed E-state index contributed by atoms with van der Waals surface area (Å²) in [5.41, 5.74) is 2.44. The number of carbonyl (C=O) groups excluding carboxylic acids is 1. The number of carbonyl (C=O) groups is 1. The molecule has 1 atom stereocenters. The molecule has 122 valence electrons. The topological polar surface area (TPSA) is 64.0 Å². The second kappa shape index (κ2) is 6.84. The highest BCUT2D eigenvalue weighted by Crippen LogP contribution is 2.32. The smallest absolute Gasteiger partial charge is 0.225 e. The molecule has 0 bridgehead atoms. The summed E-state index contributed by atoms with van der Waals surface area (Å²) in [6.45, 7) is 2.05. The van der Waals surface area contributed by atoms with E-state index in [0.29, 0.717) is 28.8 Å². The van der Waals surface area contributed by atoms with Crippen molar-refractivity contribution in [1.29, 1.82) is 0 Å². The number of nitrogens with one attached hydrogen (secondary N) is 1. The van der Waals surface area contributed by atoms with Gasteiger partial charge in [0.1, 0.15) is 5.82 Å². The lowest BCUT2D eigenvalue weighted by atomic mass is 10.2. The van der Waals surface area contributed by atoms with Crippen molar-refractivity contribution in [1.82, 2.24) is 9.78 Å². The first-order chi connectivity index (χ1) is 11.1. The van der Waals surface area contributed by atoms with Gasteiger partial charge < -0.3 is 5.32 Å². The Hall–Kier alpha value is -1.66. The number of halogens is 1. The number of nitrogens with zero attached hydrogens (tertiary/aromatic N) is 2. The van der Waals surface area contributed by atoms with E-state index in [-0.39, 0.29) is 5.91 Å². The number of amides is 1. The van der Waals surface area contributed by atoms with Gasteiger partial charge in [0.2, 0.25) is 5.91 Å². The molecular formula is C16H18ClN3O2S. The van der Waals surface area contributed by atoms with Gasteiger partial charge in [-0.3, -0.25) is 9.00 Å². The summed E-state index contributed by atoms with van der Waals surface area (Å²) in [4.78, 5) is 12.1. The molecule has 1 aliphatic rings. The first-order valence-corrected chi connectivity index (χ1v) is 9.46. The Balaban J connectivity index is 1.98. The standard InChI is InChI=1S/C16H18ClN3O2S/c1-2-3-7-15(21)18-16-13-9-23(22)10-14(13)19-20(16)12-6-4-5-11(17)8-12/h4-6,8H,2-3,7,9-10H2,1H3,(H,18,21)/t23-/m0/s1. The van der Waals surface area contributed by atoms with Crippen LogP contribution in [0, 0.1) is 0 Å². The quantitative estimate of drug-likeness (QED) is 0.897. The molecule has 0 aliphatic carbocycles. The first kappa shape index (κ1) is 16.2. The maximum absolute atomic E-state index is 12.1. The number of benzene rings is 1. The van der Waals surface area contributed by atoms with E-state index < -0.39 is 10.8 Å². The molecule has 5 nitrogen and oxygen atoms in total. The molecule has 0 spiro atoms. The van der Waals surface area contributed by atoms with E-state index in [1.807, 2.05) is 19.1 Å². The highest BCUT2D eigenvalue weighted by molar-refractivity contribution is 7.83. The van der Waals surface area contributed by atoms with Crippen molar-refractivity contribution in [2.45, 2.75) is 37.7 Å². The summed E-state index contributed by atoms with van der Waals surface area (Å²) in [6.07, 6.45) is 2.27. The van der Waals surface area contributed by atoms with Crippen molar-refractivity contribution < 1.29 is 9.00 Å². The lowest BCUT2D eigenvalue weighted by Crippen LogP contribution is -2.16. The van der Waals surface area contributed by atoms with Crippen LogP contribution in [0.5, 0.6) is 0 Å². The van der Waals surface area contributed by atoms with Gasteiger partial charge in [0.15, 0.2) is 0 Å². The van der Waals surface area contributed by atoms with Crippen molar-refractivity contribution in [3.8, 4) is 5.69 Å². The van der Waals surface area contributed by atoms with E-state index in [2.05, 4.69) is 10.4 Å². The Morgan fingerprint density at radius 2 is 2.26 bits per heavy atom. The zero-order chi connectivity index (χ0) is 16.4. The molecule has 0 radical (unpaired) electrons. The minimum atomic E-state index is -0.941. The SMILES string of the molecule is CCCCC(=O)Nc1c2c(nn1-c1cccc(Cl)c1)C[S@@](=O)C2. The number of rotatable bonds is 5. The molecule has 1 aromatic carbocycles. The van der Waals surface area contributed by atoms with E-state index in [4.69, 9.17) is 11.6 Å². The Morgan fingerprint density at radius 1 is 1.43 bits per heavy atom. The highest BCUT2D eigenvalue weighted by Gasteiger charge is 2.28. The predicted octanol–water partition coefficient (Wildman–Crippen LogP) is 3.42. The molecule has 1 N–H and O–H groups in total. The Labute approximate surface area is 142 Å². The number of unbranched alkanes of at least 4 members (excludes halogenated alkanes) is 1. The van der Waals surface area contributed by atoms with Gasteiger partial charge in [0, 0.05) is 27.8 Å². The van der Waals surface area contributed by atoms with Crippen molar-refractivity contribution in [2.75, 3.05) is 5.32 Å². The van der Waals surface area contributed by atoms with Gasteiger partial charge in [-0.15, -0.1) is 0 Å². The molecule has 3 rings (SSSR count). The molecule has 2 aromatic rings. The summed E-state index contributed by atoms with van der Waals surface area (Å²) in [6, 6.07) is 7.30. The minimum absolute atomic E-state index is 0.0458. The molecule has 7 heteroatoms. The summed E-state index contributed by atoms with van der Waals surface area (Å²) >= 11 is 6.06. The maximum atomic E-state index is 12.1. The van der Waals surface area contributed by atoms with Gasteiger partial charge in [0.05, 0.1) is 22.9 Å². The molecule has 1 aromatic heterocycles. The fourth-order valence-corrected chi connectivity index (χ4v) is 4.03. The summed E-state index contributed by atoms with van der Waals surface area (Å²) in [5.74, 6) is 1.43. The normalized spacial score (nSPS) is 16.3. The van der Waals surface area contributed by atoms with Crippen LogP contribution in [0.1, 0.15) is 37.4 Å². The van der Waals surface area contributed by atoms with Crippen molar-refractivity contribution >= 4 is 34.1 Å². The Bertz CT molecular complexity index is 773. The van der Waals surface area contributed by atoms with E-state index in [1.54, 1.807) is 16.8 Å². The molecule has 0 saturated carbocycles. The van der Waals surface area contributed by atoms with Gasteiger partial charge in [-0.2, -0.15) is 5.10 Å². The Morgan fingerprint density at radius 3 is 3.00 bits per heavy atom. The van der Waals surface area contributed by atoms with Gasteiger partial charge in [-0.1, -0.05) is 31.0 Å². The van der Waals surface area contributed by atoms with Crippen LogP contribution < -0.4 is 5.32 Å². The third-order valence-corrected chi connectivity index (χ3v) is 5.18. The monoisotopic (exact) mass is 351 g/mol. The third kappa shape index (κ3) is 3.48. The minimum Gasteiger partial charge on any atom is -0.310 e. The summed E-state index contributed by atoms with van der Waals surface area (Å²) in [5, 5.41) is 8.09. The number of aromatic nitrogens is 2. The van der Waals surface area contributed by atoms with E-state index in [1.165, 1.54) is 0 Å². The van der Waals surface area contributed by atoms with Crippen molar-refractivity contribution in [2.24, 2.45) is 0 Å². The lowest BCUT2D eigenvalue weighted by Gasteiger charge is -2.11. The van der Waals surface area contributed by atoms with Crippen LogP contribution in [-0.2, 0) is 27.1 Å². The fraction of sp³-hybridized carbons (Fsp3) is 0.375. The first-order valence-electron chi connectivity index (χ1n) is 7.60. The van der Waals surface area contributed by atoms with Crippen molar-refractivity contribution in [3.05, 3.63) is 40.5 Å². The highest BCUT2D eigenvalue weighted by atomic mass is 35.5. The Kier molecular flexibility index (Phi) is 4.82. The van der Waals surface area contributed by atoms with E-state index >= 15 is 0 Å². The third-order valence-electron chi connectivity index (χ3n) is 3.74. The van der Waals surface area contributed by atoms with Gasteiger partial charge >= 0.3 is 0 Å². The lowest BCUT2D eigenvalue weighted by molar-refractivity contribution is -0.116. The van der Waals surface area contributed by atoms with Gasteiger partial charge in [0.25, 0.3) is 0 Å². The van der Waals surface area contributed by atoms with Crippen LogP contribution in [0.2, 0.25) is 5.02 Å². The van der Waals surface area contributed by atoms with Crippen LogP contribution in [0.25, 0.3) is 5.69 Å². The van der Waals surface area contributed by atoms with E-state index in [9.17, 15) is 9.00 Å². The average molecular weight is 352 g/mol. The number of hydrogen-bond acceptors (Lipinski definition) is 3. The maximum Gasteiger partial charge on any atom is 0.225 e. The molecule has 23 heavy (non-hydrogen) atoms. The van der Waals surface area contributed by atoms with Crippen LogP contribution in [-0.4, -0.2) is 19.9 Å². The van der Waals surface area contributed by atoms with Crippen LogP contribution in [0.15, 0.2) is 24.3 Å². The molecular weight excluding hydrogens is 334 g/mol.